The standard InChI is InChI=1S/C13H25N3O4S/c1-5-20-10(2)9-14-21(18,19)13-11(3)15-16(12(13)4)7-6-8-17/h10,14,17H,5-9H2,1-4H3. The SMILES string of the molecule is CCOC(C)CNS(=O)(=O)c1c(C)nn(CCCO)c1C. The van der Waals surface area contributed by atoms with Crippen LogP contribution in [0.4, 0.5) is 0 Å². The van der Waals surface area contributed by atoms with Crippen molar-refractivity contribution >= 4 is 10.0 Å². The van der Waals surface area contributed by atoms with Gasteiger partial charge < -0.3 is 9.84 Å². The lowest BCUT2D eigenvalue weighted by Gasteiger charge is -2.13. The van der Waals surface area contributed by atoms with Gasteiger partial charge in [0.25, 0.3) is 0 Å². The molecule has 2 N–H and O–H groups in total. The van der Waals surface area contributed by atoms with Crippen molar-refractivity contribution in [2.45, 2.75) is 51.7 Å². The number of sulfonamides is 1. The molecule has 0 radical (unpaired) electrons. The fourth-order valence-electron chi connectivity index (χ4n) is 2.15. The van der Waals surface area contributed by atoms with E-state index in [1.165, 1.54) is 0 Å². The van der Waals surface area contributed by atoms with Gasteiger partial charge in [0.05, 0.1) is 17.5 Å². The molecule has 0 amide bonds. The summed E-state index contributed by atoms with van der Waals surface area (Å²) < 4.78 is 34.3. The van der Waals surface area contributed by atoms with Crippen LogP contribution in [0.15, 0.2) is 4.90 Å². The smallest absolute Gasteiger partial charge is 0.244 e. The molecule has 0 bridgehead atoms. The van der Waals surface area contributed by atoms with E-state index in [2.05, 4.69) is 9.82 Å². The molecule has 7 nitrogen and oxygen atoms in total. The van der Waals surface area contributed by atoms with Gasteiger partial charge in [-0.15, -0.1) is 0 Å². The lowest BCUT2D eigenvalue weighted by Crippen LogP contribution is -2.32. The van der Waals surface area contributed by atoms with Gasteiger partial charge in [-0.2, -0.15) is 5.10 Å². The van der Waals surface area contributed by atoms with Crippen LogP contribution in [0.25, 0.3) is 0 Å². The monoisotopic (exact) mass is 319 g/mol. The average molecular weight is 319 g/mol. The number of ether oxygens (including phenoxy) is 1. The number of rotatable bonds is 9. The van der Waals surface area contributed by atoms with E-state index in [0.29, 0.717) is 31.0 Å². The molecule has 8 heteroatoms. The van der Waals surface area contributed by atoms with E-state index in [0.717, 1.165) is 0 Å². The van der Waals surface area contributed by atoms with Gasteiger partial charge in [-0.3, -0.25) is 4.68 Å². The second-order valence-corrected chi connectivity index (χ2v) is 6.62. The zero-order chi connectivity index (χ0) is 16.0. The molecule has 1 heterocycles. The fraction of sp³-hybridized carbons (Fsp3) is 0.769. The van der Waals surface area contributed by atoms with Gasteiger partial charge in [0.15, 0.2) is 0 Å². The highest BCUT2D eigenvalue weighted by molar-refractivity contribution is 7.89. The molecule has 0 aliphatic rings. The molecule has 0 spiro atoms. The van der Waals surface area contributed by atoms with Crippen LogP contribution >= 0.6 is 0 Å². The average Bonchev–Trinajstić information content (AvgIpc) is 2.70. The highest BCUT2D eigenvalue weighted by atomic mass is 32.2. The summed E-state index contributed by atoms with van der Waals surface area (Å²) in [5.41, 5.74) is 1.04. The van der Waals surface area contributed by atoms with E-state index in [1.807, 2.05) is 13.8 Å². The molecule has 1 aromatic heterocycles. The molecular formula is C13H25N3O4S. The van der Waals surface area contributed by atoms with Crippen LogP contribution in [0.3, 0.4) is 0 Å². The van der Waals surface area contributed by atoms with Gasteiger partial charge in [0.1, 0.15) is 4.90 Å². The summed E-state index contributed by atoms with van der Waals surface area (Å²) in [6.07, 6.45) is 0.353. The molecule has 1 rings (SSSR count). The Hall–Kier alpha value is -0.960. The third kappa shape index (κ3) is 4.77. The molecular weight excluding hydrogens is 294 g/mol. The Morgan fingerprint density at radius 1 is 1.43 bits per heavy atom. The van der Waals surface area contributed by atoms with Crippen LogP contribution in [-0.2, 0) is 21.3 Å². The largest absolute Gasteiger partial charge is 0.396 e. The number of nitrogens with one attached hydrogen (secondary N) is 1. The lowest BCUT2D eigenvalue weighted by atomic mass is 10.4. The molecule has 0 aliphatic heterocycles. The normalized spacial score (nSPS) is 13.6. The third-order valence-corrected chi connectivity index (χ3v) is 4.80. The Balaban J connectivity index is 2.90. The fourth-order valence-corrected chi connectivity index (χ4v) is 3.67. The minimum atomic E-state index is -3.62. The zero-order valence-electron chi connectivity index (χ0n) is 13.1. The van der Waals surface area contributed by atoms with E-state index in [-0.39, 0.29) is 24.2 Å². The summed E-state index contributed by atoms with van der Waals surface area (Å²) in [5.74, 6) is 0. The van der Waals surface area contributed by atoms with E-state index in [1.54, 1.807) is 18.5 Å². The van der Waals surface area contributed by atoms with Gasteiger partial charge in [0.2, 0.25) is 10.0 Å². The van der Waals surface area contributed by atoms with Crippen molar-refractivity contribution in [1.29, 1.82) is 0 Å². The molecule has 1 aromatic rings. The number of aryl methyl sites for hydroxylation is 2. The Labute approximate surface area is 126 Å². The van der Waals surface area contributed by atoms with E-state index < -0.39 is 10.0 Å². The van der Waals surface area contributed by atoms with Crippen molar-refractivity contribution in [2.24, 2.45) is 0 Å². The molecule has 1 unspecified atom stereocenters. The molecule has 0 saturated carbocycles. The van der Waals surface area contributed by atoms with Crippen LogP contribution in [0.2, 0.25) is 0 Å². The Morgan fingerprint density at radius 2 is 2.10 bits per heavy atom. The minimum absolute atomic E-state index is 0.0462. The molecule has 1 atom stereocenters. The zero-order valence-corrected chi connectivity index (χ0v) is 13.9. The first-order valence-electron chi connectivity index (χ1n) is 7.09. The highest BCUT2D eigenvalue weighted by Crippen LogP contribution is 2.19. The van der Waals surface area contributed by atoms with Crippen molar-refractivity contribution in [1.82, 2.24) is 14.5 Å². The Kier molecular flexibility index (Phi) is 6.79. The predicted molar refractivity (Wildman–Crippen MR) is 79.7 cm³/mol. The molecule has 0 aromatic carbocycles. The van der Waals surface area contributed by atoms with Crippen LogP contribution in [0.1, 0.15) is 31.7 Å². The van der Waals surface area contributed by atoms with Gasteiger partial charge in [-0.25, -0.2) is 13.1 Å². The highest BCUT2D eigenvalue weighted by Gasteiger charge is 2.24. The van der Waals surface area contributed by atoms with E-state index in [9.17, 15) is 8.42 Å². The van der Waals surface area contributed by atoms with Crippen LogP contribution in [0.5, 0.6) is 0 Å². The minimum Gasteiger partial charge on any atom is -0.396 e. The van der Waals surface area contributed by atoms with Gasteiger partial charge in [0, 0.05) is 26.3 Å². The third-order valence-electron chi connectivity index (χ3n) is 3.12. The van der Waals surface area contributed by atoms with Crippen LogP contribution < -0.4 is 4.72 Å². The van der Waals surface area contributed by atoms with Gasteiger partial charge in [-0.05, 0) is 34.1 Å². The number of hydrogen-bond acceptors (Lipinski definition) is 5. The molecule has 0 saturated heterocycles. The van der Waals surface area contributed by atoms with Crippen molar-refractivity contribution in [2.75, 3.05) is 19.8 Å². The summed E-state index contributed by atoms with van der Waals surface area (Å²) in [6, 6.07) is 0. The maximum Gasteiger partial charge on any atom is 0.244 e. The first-order chi connectivity index (χ1) is 9.83. The van der Waals surface area contributed by atoms with Crippen molar-refractivity contribution in [3.63, 3.8) is 0 Å². The predicted octanol–water partition coefficient (Wildman–Crippen LogP) is 0.586. The summed E-state index contributed by atoms with van der Waals surface area (Å²) in [5, 5.41) is 13.1. The summed E-state index contributed by atoms with van der Waals surface area (Å²) in [6.45, 7) is 8.37. The van der Waals surface area contributed by atoms with E-state index >= 15 is 0 Å². The first-order valence-corrected chi connectivity index (χ1v) is 8.58. The van der Waals surface area contributed by atoms with Crippen LogP contribution in [0, 0.1) is 13.8 Å². The maximum atomic E-state index is 12.4. The van der Waals surface area contributed by atoms with Gasteiger partial charge in [-0.1, -0.05) is 0 Å². The Morgan fingerprint density at radius 3 is 2.67 bits per heavy atom. The summed E-state index contributed by atoms with van der Waals surface area (Å²) in [4.78, 5) is 0.212. The summed E-state index contributed by atoms with van der Waals surface area (Å²) >= 11 is 0. The number of aromatic nitrogens is 2. The Bertz CT molecular complexity index is 554. The first kappa shape index (κ1) is 18.1. The number of aliphatic hydroxyl groups is 1. The van der Waals surface area contributed by atoms with Gasteiger partial charge >= 0.3 is 0 Å². The van der Waals surface area contributed by atoms with E-state index in [4.69, 9.17) is 9.84 Å². The molecule has 0 aliphatic carbocycles. The second-order valence-electron chi connectivity index (χ2n) is 4.92. The number of aliphatic hydroxyl groups excluding tert-OH is 1. The maximum absolute atomic E-state index is 12.4. The molecule has 0 fully saturated rings. The molecule has 21 heavy (non-hydrogen) atoms. The van der Waals surface area contributed by atoms with Crippen molar-refractivity contribution in [3.05, 3.63) is 11.4 Å². The van der Waals surface area contributed by atoms with Crippen molar-refractivity contribution < 1.29 is 18.3 Å². The second kappa shape index (κ2) is 7.88. The van der Waals surface area contributed by atoms with Crippen LogP contribution in [-0.4, -0.2) is 49.2 Å². The van der Waals surface area contributed by atoms with Crippen molar-refractivity contribution in [3.8, 4) is 0 Å². The lowest BCUT2D eigenvalue weighted by molar-refractivity contribution is 0.0799. The summed E-state index contributed by atoms with van der Waals surface area (Å²) in [7, 11) is -3.62. The topological polar surface area (TPSA) is 93.5 Å². The number of hydrogen-bond donors (Lipinski definition) is 2. The molecule has 122 valence electrons. The number of nitrogens with zero attached hydrogens (tertiary/aromatic N) is 2. The quantitative estimate of drug-likeness (QED) is 0.695.